The minimum Gasteiger partial charge on any atom is -0.464 e. The molecule has 0 radical (unpaired) electrons. The Labute approximate surface area is 173 Å². The van der Waals surface area contributed by atoms with Crippen molar-refractivity contribution in [3.63, 3.8) is 0 Å². The van der Waals surface area contributed by atoms with Crippen molar-refractivity contribution in [3.05, 3.63) is 48.0 Å². The van der Waals surface area contributed by atoms with Crippen molar-refractivity contribution in [2.75, 3.05) is 30.0 Å². The van der Waals surface area contributed by atoms with Gasteiger partial charge in [0, 0.05) is 34.8 Å². The van der Waals surface area contributed by atoms with E-state index in [1.54, 1.807) is 41.8 Å². The molecule has 2 heterocycles. The summed E-state index contributed by atoms with van der Waals surface area (Å²) in [4.78, 5) is 21.4. The van der Waals surface area contributed by atoms with Gasteiger partial charge >= 0.3 is 5.97 Å². The van der Waals surface area contributed by atoms with Crippen molar-refractivity contribution in [2.45, 2.75) is 11.8 Å². The summed E-state index contributed by atoms with van der Waals surface area (Å²) >= 11 is 1.58. The quantitative estimate of drug-likeness (QED) is 0.365. The Morgan fingerprint density at radius 3 is 2.66 bits per heavy atom. The summed E-state index contributed by atoms with van der Waals surface area (Å²) in [6, 6.07) is 10.7. The molecule has 3 rings (SSSR count). The topological polar surface area (TPSA) is 117 Å². The fourth-order valence-electron chi connectivity index (χ4n) is 2.48. The molecule has 1 aromatic carbocycles. The van der Waals surface area contributed by atoms with E-state index in [2.05, 4.69) is 20.6 Å². The van der Waals surface area contributed by atoms with Gasteiger partial charge in [-0.2, -0.15) is 4.98 Å². The molecule has 10 heteroatoms. The number of hydrogen-bond acceptors (Lipinski definition) is 9. The van der Waals surface area contributed by atoms with Gasteiger partial charge in [-0.3, -0.25) is 4.79 Å². The van der Waals surface area contributed by atoms with Crippen molar-refractivity contribution in [3.8, 4) is 10.4 Å². The molecule has 1 unspecified atom stereocenters. The van der Waals surface area contributed by atoms with Gasteiger partial charge in [0.25, 0.3) is 0 Å². The van der Waals surface area contributed by atoms with E-state index in [9.17, 15) is 9.00 Å². The van der Waals surface area contributed by atoms with Crippen LogP contribution in [0.1, 0.15) is 6.92 Å². The molecule has 152 valence electrons. The van der Waals surface area contributed by atoms with Gasteiger partial charge in [0.1, 0.15) is 12.4 Å². The summed E-state index contributed by atoms with van der Waals surface area (Å²) in [5.41, 5.74) is 1.57. The van der Waals surface area contributed by atoms with Crippen molar-refractivity contribution in [1.82, 2.24) is 9.97 Å². The van der Waals surface area contributed by atoms with Crippen molar-refractivity contribution in [2.24, 2.45) is 0 Å². The molecule has 0 saturated heterocycles. The Kier molecular flexibility index (Phi) is 6.45. The molecule has 0 aliphatic carbocycles. The van der Waals surface area contributed by atoms with E-state index in [0.717, 1.165) is 10.4 Å². The summed E-state index contributed by atoms with van der Waals surface area (Å²) in [5.74, 6) is 0.676. The maximum absolute atomic E-state index is 11.8. The first-order chi connectivity index (χ1) is 13.8. The van der Waals surface area contributed by atoms with E-state index < -0.39 is 9.73 Å². The third-order valence-corrected chi connectivity index (χ3v) is 5.91. The third-order valence-electron chi connectivity index (χ3n) is 3.84. The number of esters is 1. The van der Waals surface area contributed by atoms with Crippen LogP contribution in [0.2, 0.25) is 0 Å². The van der Waals surface area contributed by atoms with E-state index in [-0.39, 0.29) is 12.6 Å². The molecule has 1 atom stereocenters. The fraction of sp³-hybridized carbons (Fsp3) is 0.211. The standard InChI is InChI=1S/C19H21N5O3S2/c1-13(25)27-10-9-21-18-16(17-4-3-11-28-17)12-22-19(24-18)23-14-5-7-15(8-6-14)29(2,20)26/h3-8,11-12,20H,9-10H2,1-2H3,(H2,21,22,23,24). The minimum atomic E-state index is -2.75. The molecule has 2 aromatic heterocycles. The first kappa shape index (κ1) is 20.7. The molecular formula is C19H21N5O3S2. The van der Waals surface area contributed by atoms with Crippen LogP contribution in [0.3, 0.4) is 0 Å². The highest BCUT2D eigenvalue weighted by molar-refractivity contribution is 7.91. The molecule has 0 amide bonds. The Bertz CT molecular complexity index is 1080. The highest BCUT2D eigenvalue weighted by Crippen LogP contribution is 2.31. The van der Waals surface area contributed by atoms with Crippen molar-refractivity contribution < 1.29 is 13.7 Å². The largest absolute Gasteiger partial charge is 0.464 e. The number of nitrogens with zero attached hydrogens (tertiary/aromatic N) is 2. The molecule has 3 N–H and O–H groups in total. The first-order valence-corrected chi connectivity index (χ1v) is 11.6. The van der Waals surface area contributed by atoms with Crippen LogP contribution >= 0.6 is 11.3 Å². The predicted octanol–water partition coefficient (Wildman–Crippen LogP) is 3.96. The fourth-order valence-corrected chi connectivity index (χ4v) is 3.87. The summed E-state index contributed by atoms with van der Waals surface area (Å²) in [6.45, 7) is 2.01. The number of ether oxygens (including phenoxy) is 1. The van der Waals surface area contributed by atoms with Gasteiger partial charge in [0.2, 0.25) is 5.95 Å². The number of carbonyl (C=O) groups is 1. The maximum atomic E-state index is 11.8. The average Bonchev–Trinajstić information content (AvgIpc) is 3.19. The Morgan fingerprint density at radius 2 is 2.03 bits per heavy atom. The lowest BCUT2D eigenvalue weighted by Gasteiger charge is -2.12. The molecule has 0 saturated carbocycles. The van der Waals surface area contributed by atoms with Crippen LogP contribution in [0.25, 0.3) is 10.4 Å². The van der Waals surface area contributed by atoms with Crippen LogP contribution in [-0.4, -0.2) is 39.6 Å². The van der Waals surface area contributed by atoms with Gasteiger partial charge in [-0.25, -0.2) is 14.0 Å². The number of carbonyl (C=O) groups excluding carboxylic acids is 1. The van der Waals surface area contributed by atoms with Gasteiger partial charge in [-0.15, -0.1) is 11.3 Å². The summed E-state index contributed by atoms with van der Waals surface area (Å²) in [5, 5.41) is 8.27. The molecule has 29 heavy (non-hydrogen) atoms. The van der Waals surface area contributed by atoms with Gasteiger partial charge < -0.3 is 15.4 Å². The number of anilines is 3. The average molecular weight is 432 g/mol. The summed E-state index contributed by atoms with van der Waals surface area (Å²) in [7, 11) is -2.75. The minimum absolute atomic E-state index is 0.233. The van der Waals surface area contributed by atoms with Gasteiger partial charge in [-0.1, -0.05) is 6.07 Å². The van der Waals surface area contributed by atoms with E-state index in [4.69, 9.17) is 9.52 Å². The van der Waals surface area contributed by atoms with Gasteiger partial charge in [-0.05, 0) is 35.7 Å². The monoisotopic (exact) mass is 431 g/mol. The normalized spacial score (nSPS) is 12.8. The zero-order valence-electron chi connectivity index (χ0n) is 16.0. The molecule has 0 aliphatic heterocycles. The highest BCUT2D eigenvalue weighted by atomic mass is 32.2. The zero-order chi connectivity index (χ0) is 20.9. The second-order valence-corrected chi connectivity index (χ2v) is 9.30. The molecular weight excluding hydrogens is 410 g/mol. The van der Waals surface area contributed by atoms with Crippen LogP contribution in [0.4, 0.5) is 17.5 Å². The van der Waals surface area contributed by atoms with Crippen LogP contribution in [0.15, 0.2) is 52.9 Å². The van der Waals surface area contributed by atoms with E-state index >= 15 is 0 Å². The van der Waals surface area contributed by atoms with E-state index in [0.29, 0.717) is 28.9 Å². The number of hydrogen-bond donors (Lipinski definition) is 3. The van der Waals surface area contributed by atoms with Crippen LogP contribution in [0, 0.1) is 4.78 Å². The molecule has 0 aliphatic rings. The lowest BCUT2D eigenvalue weighted by molar-refractivity contribution is -0.140. The number of thiophene rings is 1. The third kappa shape index (κ3) is 5.75. The van der Waals surface area contributed by atoms with E-state index in [1.165, 1.54) is 13.2 Å². The van der Waals surface area contributed by atoms with Crippen molar-refractivity contribution in [1.29, 1.82) is 4.78 Å². The summed E-state index contributed by atoms with van der Waals surface area (Å²) < 4.78 is 24.4. The SMILES string of the molecule is CC(=O)OCCNc1nc(Nc2ccc(S(C)(=N)=O)cc2)ncc1-c1cccs1. The highest BCUT2D eigenvalue weighted by Gasteiger charge is 2.11. The zero-order valence-corrected chi connectivity index (χ0v) is 17.6. The number of rotatable bonds is 8. The molecule has 0 bridgehead atoms. The lowest BCUT2D eigenvalue weighted by atomic mass is 10.2. The predicted molar refractivity (Wildman–Crippen MR) is 115 cm³/mol. The molecule has 0 fully saturated rings. The first-order valence-electron chi connectivity index (χ1n) is 8.72. The van der Waals surface area contributed by atoms with E-state index in [1.807, 2.05) is 17.5 Å². The summed E-state index contributed by atoms with van der Waals surface area (Å²) in [6.07, 6.45) is 3.11. The number of aromatic nitrogens is 2. The second-order valence-electron chi connectivity index (χ2n) is 6.19. The van der Waals surface area contributed by atoms with Crippen molar-refractivity contribution >= 4 is 44.5 Å². The Morgan fingerprint density at radius 1 is 1.28 bits per heavy atom. The van der Waals surface area contributed by atoms with Crippen LogP contribution < -0.4 is 10.6 Å². The maximum Gasteiger partial charge on any atom is 0.302 e. The molecule has 0 spiro atoms. The van der Waals surface area contributed by atoms with Crippen LogP contribution in [-0.2, 0) is 19.3 Å². The number of nitrogens with one attached hydrogen (secondary N) is 3. The number of benzene rings is 1. The lowest BCUT2D eigenvalue weighted by Crippen LogP contribution is -2.14. The molecule has 3 aromatic rings. The Hall–Kier alpha value is -2.98. The van der Waals surface area contributed by atoms with Gasteiger partial charge in [0.05, 0.1) is 21.8 Å². The second kappa shape index (κ2) is 9.01. The molecule has 8 nitrogen and oxygen atoms in total. The smallest absolute Gasteiger partial charge is 0.302 e. The van der Waals surface area contributed by atoms with Crippen LogP contribution in [0.5, 0.6) is 0 Å². The van der Waals surface area contributed by atoms with Gasteiger partial charge in [0.15, 0.2) is 0 Å². The Balaban J connectivity index is 1.80.